The lowest BCUT2D eigenvalue weighted by Gasteiger charge is -2.04. The van der Waals surface area contributed by atoms with Gasteiger partial charge in [-0.1, -0.05) is 37.3 Å². The van der Waals surface area contributed by atoms with Crippen LogP contribution in [0, 0.1) is 0 Å². The first-order valence-corrected chi connectivity index (χ1v) is 6.75. The second-order valence-electron chi connectivity index (χ2n) is 4.36. The quantitative estimate of drug-likeness (QED) is 0.609. The number of hydrogen-bond donors (Lipinski definition) is 1. The molecule has 2 rings (SSSR count). The average Bonchev–Trinajstić information content (AvgIpc) is 2.79. The van der Waals surface area contributed by atoms with Crippen molar-refractivity contribution in [2.45, 2.75) is 27.0 Å². The van der Waals surface area contributed by atoms with E-state index in [1.807, 2.05) is 37.3 Å². The summed E-state index contributed by atoms with van der Waals surface area (Å²) in [6.45, 7) is 6.97. The summed E-state index contributed by atoms with van der Waals surface area (Å²) < 4.78 is 11.6. The molecule has 0 bridgehead atoms. The Labute approximate surface area is 114 Å². The Morgan fingerprint density at radius 3 is 2.95 bits per heavy atom. The normalized spacial score (nSPS) is 11.7. The smallest absolute Gasteiger partial charge is 0.134 e. The third kappa shape index (κ3) is 3.46. The van der Waals surface area contributed by atoms with Gasteiger partial charge < -0.3 is 14.5 Å². The molecule has 0 atom stereocenters. The summed E-state index contributed by atoms with van der Waals surface area (Å²) in [5.41, 5.74) is 2.08. The summed E-state index contributed by atoms with van der Waals surface area (Å²) in [5.74, 6) is 0.975. The van der Waals surface area contributed by atoms with Crippen molar-refractivity contribution in [2.75, 3.05) is 13.2 Å². The van der Waals surface area contributed by atoms with Crippen molar-refractivity contribution in [2.24, 2.45) is 0 Å². The van der Waals surface area contributed by atoms with Gasteiger partial charge in [0.05, 0.1) is 19.8 Å². The van der Waals surface area contributed by atoms with Crippen molar-refractivity contribution in [3.8, 4) is 0 Å². The van der Waals surface area contributed by atoms with Gasteiger partial charge in [0.15, 0.2) is 0 Å². The first-order chi connectivity index (χ1) is 9.36. The Bertz CT molecular complexity index is 543. The van der Waals surface area contributed by atoms with Gasteiger partial charge in [-0.05, 0) is 19.5 Å². The molecule has 0 saturated carbocycles. The van der Waals surface area contributed by atoms with Crippen LogP contribution < -0.4 is 5.32 Å². The summed E-state index contributed by atoms with van der Waals surface area (Å²) in [5, 5.41) is 4.45. The molecule has 1 heterocycles. The molecule has 1 N–H and O–H groups in total. The van der Waals surface area contributed by atoms with Gasteiger partial charge in [-0.3, -0.25) is 0 Å². The lowest BCUT2D eigenvalue weighted by atomic mass is 10.1. The first kappa shape index (κ1) is 13.8. The lowest BCUT2D eigenvalue weighted by molar-refractivity contribution is 0.148. The molecule has 0 unspecified atom stereocenters. The third-order valence-corrected chi connectivity index (χ3v) is 3.01. The molecule has 102 valence electrons. The summed E-state index contributed by atoms with van der Waals surface area (Å²) in [7, 11) is 0. The standard InChI is InChI=1S/C16H21NO2/c1-3-5-10-18-12-14-13-8-6-7-9-15(13)19-16(14)11-17-4-2/h3,5-9,17H,4,10-12H2,1-2H3. The highest BCUT2D eigenvalue weighted by molar-refractivity contribution is 5.82. The van der Waals surface area contributed by atoms with Crippen LogP contribution >= 0.6 is 0 Å². The first-order valence-electron chi connectivity index (χ1n) is 6.75. The second kappa shape index (κ2) is 7.12. The van der Waals surface area contributed by atoms with E-state index < -0.39 is 0 Å². The minimum absolute atomic E-state index is 0.585. The highest BCUT2D eigenvalue weighted by atomic mass is 16.5. The van der Waals surface area contributed by atoms with E-state index in [0.717, 1.165) is 35.4 Å². The topological polar surface area (TPSA) is 34.4 Å². The molecule has 2 aromatic rings. The summed E-state index contributed by atoms with van der Waals surface area (Å²) in [6, 6.07) is 8.11. The number of ether oxygens (including phenoxy) is 1. The molecule has 0 spiro atoms. The number of hydrogen-bond acceptors (Lipinski definition) is 3. The van der Waals surface area contributed by atoms with Crippen molar-refractivity contribution in [1.82, 2.24) is 5.32 Å². The molecule has 0 aliphatic rings. The summed E-state index contributed by atoms with van der Waals surface area (Å²) in [4.78, 5) is 0. The minimum Gasteiger partial charge on any atom is -0.459 e. The minimum atomic E-state index is 0.585. The maximum atomic E-state index is 5.90. The van der Waals surface area contributed by atoms with E-state index in [1.54, 1.807) is 0 Å². The molecule has 0 fully saturated rings. The van der Waals surface area contributed by atoms with E-state index in [4.69, 9.17) is 9.15 Å². The molecule has 1 aromatic carbocycles. The molecule has 0 radical (unpaired) electrons. The Balaban J connectivity index is 2.20. The van der Waals surface area contributed by atoms with Gasteiger partial charge in [-0.25, -0.2) is 0 Å². The van der Waals surface area contributed by atoms with Crippen molar-refractivity contribution < 1.29 is 9.15 Å². The number of furan rings is 1. The Kier molecular flexibility index (Phi) is 5.19. The van der Waals surface area contributed by atoms with Crippen LogP contribution in [-0.4, -0.2) is 13.2 Å². The zero-order valence-corrected chi connectivity index (χ0v) is 11.6. The predicted octanol–water partition coefficient (Wildman–Crippen LogP) is 3.64. The van der Waals surface area contributed by atoms with Crippen molar-refractivity contribution in [3.05, 3.63) is 47.7 Å². The molecule has 0 aliphatic carbocycles. The monoisotopic (exact) mass is 259 g/mol. The lowest BCUT2D eigenvalue weighted by Crippen LogP contribution is -2.12. The van der Waals surface area contributed by atoms with E-state index in [-0.39, 0.29) is 0 Å². The van der Waals surface area contributed by atoms with E-state index in [9.17, 15) is 0 Å². The number of nitrogens with one attached hydrogen (secondary N) is 1. The van der Waals surface area contributed by atoms with Gasteiger partial charge in [0, 0.05) is 10.9 Å². The van der Waals surface area contributed by atoms with Crippen LogP contribution in [0.25, 0.3) is 11.0 Å². The highest BCUT2D eigenvalue weighted by Gasteiger charge is 2.13. The second-order valence-corrected chi connectivity index (χ2v) is 4.36. The molecular weight excluding hydrogens is 238 g/mol. The average molecular weight is 259 g/mol. The fourth-order valence-corrected chi connectivity index (χ4v) is 2.01. The maximum Gasteiger partial charge on any atom is 0.134 e. The molecule has 3 nitrogen and oxygen atoms in total. The number of allylic oxidation sites excluding steroid dienone is 1. The summed E-state index contributed by atoms with van der Waals surface area (Å²) in [6.07, 6.45) is 4.00. The van der Waals surface area contributed by atoms with Crippen molar-refractivity contribution in [1.29, 1.82) is 0 Å². The van der Waals surface area contributed by atoms with Crippen LogP contribution in [0.2, 0.25) is 0 Å². The zero-order chi connectivity index (χ0) is 13.5. The Morgan fingerprint density at radius 1 is 1.32 bits per heavy atom. The van der Waals surface area contributed by atoms with Gasteiger partial charge >= 0.3 is 0 Å². The number of fused-ring (bicyclic) bond motifs is 1. The van der Waals surface area contributed by atoms with Crippen molar-refractivity contribution in [3.63, 3.8) is 0 Å². The van der Waals surface area contributed by atoms with E-state index in [1.165, 1.54) is 0 Å². The van der Waals surface area contributed by atoms with Crippen LogP contribution in [0.3, 0.4) is 0 Å². The maximum absolute atomic E-state index is 5.90. The Morgan fingerprint density at radius 2 is 2.16 bits per heavy atom. The predicted molar refractivity (Wildman–Crippen MR) is 78.1 cm³/mol. The molecule has 3 heteroatoms. The van der Waals surface area contributed by atoms with Crippen LogP contribution in [0.4, 0.5) is 0 Å². The number of benzene rings is 1. The van der Waals surface area contributed by atoms with Gasteiger partial charge in [0.1, 0.15) is 11.3 Å². The van der Waals surface area contributed by atoms with Gasteiger partial charge in [0.2, 0.25) is 0 Å². The summed E-state index contributed by atoms with van der Waals surface area (Å²) >= 11 is 0. The molecule has 19 heavy (non-hydrogen) atoms. The third-order valence-electron chi connectivity index (χ3n) is 3.01. The largest absolute Gasteiger partial charge is 0.459 e. The zero-order valence-electron chi connectivity index (χ0n) is 11.6. The number of rotatable bonds is 7. The SMILES string of the molecule is CC=CCOCc1c(CNCC)oc2ccccc12. The molecule has 0 amide bonds. The fourth-order valence-electron chi connectivity index (χ4n) is 2.01. The molecule has 0 saturated heterocycles. The molecule has 0 aliphatic heterocycles. The highest BCUT2D eigenvalue weighted by Crippen LogP contribution is 2.26. The van der Waals surface area contributed by atoms with Crippen LogP contribution in [0.15, 0.2) is 40.8 Å². The molecule has 1 aromatic heterocycles. The fraction of sp³-hybridized carbons (Fsp3) is 0.375. The van der Waals surface area contributed by atoms with E-state index in [0.29, 0.717) is 13.2 Å². The van der Waals surface area contributed by atoms with Gasteiger partial charge in [-0.2, -0.15) is 0 Å². The van der Waals surface area contributed by atoms with Gasteiger partial charge in [-0.15, -0.1) is 0 Å². The van der Waals surface area contributed by atoms with Gasteiger partial charge in [0.25, 0.3) is 0 Å². The van der Waals surface area contributed by atoms with E-state index in [2.05, 4.69) is 18.3 Å². The van der Waals surface area contributed by atoms with Crippen molar-refractivity contribution >= 4 is 11.0 Å². The Hall–Kier alpha value is -1.58. The molecular formula is C16H21NO2. The van der Waals surface area contributed by atoms with Crippen LogP contribution in [0.5, 0.6) is 0 Å². The van der Waals surface area contributed by atoms with E-state index >= 15 is 0 Å². The van der Waals surface area contributed by atoms with Crippen LogP contribution in [0.1, 0.15) is 25.2 Å². The number of para-hydroxylation sites is 1. The van der Waals surface area contributed by atoms with Crippen LogP contribution in [-0.2, 0) is 17.9 Å².